The molecule has 5 heteroatoms. The first-order chi connectivity index (χ1) is 9.33. The minimum atomic E-state index is 0.164. The molecule has 106 valence electrons. The Morgan fingerprint density at radius 3 is 3.26 bits per heavy atom. The van der Waals surface area contributed by atoms with Crippen molar-refractivity contribution in [1.82, 2.24) is 10.3 Å². The Bertz CT molecular complexity index is 390. The van der Waals surface area contributed by atoms with E-state index in [9.17, 15) is 0 Å². The van der Waals surface area contributed by atoms with Crippen molar-refractivity contribution in [3.63, 3.8) is 0 Å². The van der Waals surface area contributed by atoms with Crippen LogP contribution >= 0.6 is 23.1 Å². The maximum Gasteiger partial charge on any atom is 0.0795 e. The highest BCUT2D eigenvalue weighted by Crippen LogP contribution is 2.43. The Hall–Kier alpha value is -0.100. The maximum absolute atomic E-state index is 6.14. The first-order valence-corrected chi connectivity index (χ1v) is 9.26. The van der Waals surface area contributed by atoms with Crippen molar-refractivity contribution >= 4 is 23.1 Å². The highest BCUT2D eigenvalue weighted by molar-refractivity contribution is 7.99. The summed E-state index contributed by atoms with van der Waals surface area (Å²) >= 11 is 3.74. The average Bonchev–Trinajstić information content (AvgIpc) is 3.08. The topological polar surface area (TPSA) is 34.2 Å². The van der Waals surface area contributed by atoms with Crippen LogP contribution in [0.4, 0.5) is 0 Å². The lowest BCUT2D eigenvalue weighted by Crippen LogP contribution is -2.43. The third kappa shape index (κ3) is 2.99. The number of thiazole rings is 1. The molecule has 1 N–H and O–H groups in total. The highest BCUT2D eigenvalue weighted by atomic mass is 32.2. The fourth-order valence-electron chi connectivity index (χ4n) is 3.32. The van der Waals surface area contributed by atoms with E-state index in [-0.39, 0.29) is 5.60 Å². The molecule has 2 aliphatic heterocycles. The molecule has 3 atom stereocenters. The lowest BCUT2D eigenvalue weighted by Gasteiger charge is -2.40. The van der Waals surface area contributed by atoms with E-state index in [1.807, 2.05) is 17.3 Å². The second-order valence-electron chi connectivity index (χ2n) is 5.54. The lowest BCUT2D eigenvalue weighted by atomic mass is 9.80. The summed E-state index contributed by atoms with van der Waals surface area (Å²) in [7, 11) is 0. The zero-order chi connectivity index (χ0) is 13.1. The molecular weight excluding hydrogens is 276 g/mol. The van der Waals surface area contributed by atoms with Crippen LogP contribution in [0, 0.1) is 5.92 Å². The number of aromatic nitrogens is 1. The van der Waals surface area contributed by atoms with Crippen molar-refractivity contribution in [3.8, 4) is 0 Å². The van der Waals surface area contributed by atoms with Crippen molar-refractivity contribution in [2.24, 2.45) is 5.92 Å². The molecule has 1 aromatic heterocycles. The van der Waals surface area contributed by atoms with Crippen LogP contribution in [0.15, 0.2) is 10.9 Å². The highest BCUT2D eigenvalue weighted by Gasteiger charge is 2.42. The molecule has 3 nitrogen and oxygen atoms in total. The molecular formula is C14H22N2OS2. The van der Waals surface area contributed by atoms with E-state index >= 15 is 0 Å². The van der Waals surface area contributed by atoms with Gasteiger partial charge in [-0.25, -0.2) is 4.98 Å². The number of rotatable bonds is 4. The number of nitrogens with zero attached hydrogens (tertiary/aromatic N) is 1. The van der Waals surface area contributed by atoms with Gasteiger partial charge in [0.1, 0.15) is 0 Å². The van der Waals surface area contributed by atoms with E-state index in [1.165, 1.54) is 30.0 Å². The van der Waals surface area contributed by atoms with E-state index in [2.05, 4.69) is 22.6 Å². The second kappa shape index (κ2) is 6.12. The molecule has 0 saturated carbocycles. The van der Waals surface area contributed by atoms with Gasteiger partial charge in [0.25, 0.3) is 0 Å². The molecule has 3 rings (SSSR count). The Morgan fingerprint density at radius 2 is 2.58 bits per heavy atom. The number of hydrogen-bond donors (Lipinski definition) is 1. The van der Waals surface area contributed by atoms with E-state index in [1.54, 1.807) is 11.3 Å². The van der Waals surface area contributed by atoms with Gasteiger partial charge in [0.15, 0.2) is 0 Å². The minimum Gasteiger partial charge on any atom is -0.374 e. The summed E-state index contributed by atoms with van der Waals surface area (Å²) in [4.78, 5) is 4.54. The first-order valence-electron chi connectivity index (χ1n) is 7.16. The van der Waals surface area contributed by atoms with Gasteiger partial charge in [0.05, 0.1) is 22.8 Å². The predicted molar refractivity (Wildman–Crippen MR) is 81.9 cm³/mol. The molecule has 0 aromatic carbocycles. The fourth-order valence-corrected chi connectivity index (χ4v) is 5.29. The van der Waals surface area contributed by atoms with Gasteiger partial charge >= 0.3 is 0 Å². The standard InChI is InChI=1S/C14H22N2OS2/c1-2-15-13(12-8-19-10-16-12)11-3-5-17-14(7-11)4-6-18-9-14/h8,10-11,13,15H,2-7,9H2,1H3. The molecule has 2 aliphatic rings. The quantitative estimate of drug-likeness (QED) is 0.926. The molecule has 19 heavy (non-hydrogen) atoms. The number of nitrogens with one attached hydrogen (secondary N) is 1. The van der Waals surface area contributed by atoms with Crippen LogP contribution in [-0.4, -0.2) is 35.2 Å². The van der Waals surface area contributed by atoms with Crippen molar-refractivity contribution in [2.45, 2.75) is 37.8 Å². The summed E-state index contributed by atoms with van der Waals surface area (Å²) in [5, 5.41) is 5.84. The van der Waals surface area contributed by atoms with Crippen molar-refractivity contribution in [3.05, 3.63) is 16.6 Å². The summed E-state index contributed by atoms with van der Waals surface area (Å²) in [5.41, 5.74) is 3.33. The van der Waals surface area contributed by atoms with E-state index < -0.39 is 0 Å². The monoisotopic (exact) mass is 298 g/mol. The van der Waals surface area contributed by atoms with Crippen LogP contribution < -0.4 is 5.32 Å². The minimum absolute atomic E-state index is 0.164. The SMILES string of the molecule is CCNC(c1cscn1)C1CCOC2(CCSC2)C1. The van der Waals surface area contributed by atoms with Crippen LogP contribution in [0.2, 0.25) is 0 Å². The Morgan fingerprint density at radius 1 is 1.63 bits per heavy atom. The average molecular weight is 298 g/mol. The smallest absolute Gasteiger partial charge is 0.0795 e. The van der Waals surface area contributed by atoms with Gasteiger partial charge in [-0.3, -0.25) is 0 Å². The summed E-state index contributed by atoms with van der Waals surface area (Å²) in [6.07, 6.45) is 3.57. The van der Waals surface area contributed by atoms with Crippen molar-refractivity contribution in [1.29, 1.82) is 0 Å². The molecule has 0 bridgehead atoms. The zero-order valence-corrected chi connectivity index (χ0v) is 13.1. The van der Waals surface area contributed by atoms with E-state index in [4.69, 9.17) is 4.74 Å². The molecule has 3 heterocycles. The van der Waals surface area contributed by atoms with Crippen LogP contribution in [-0.2, 0) is 4.74 Å². The van der Waals surface area contributed by atoms with Crippen LogP contribution in [0.5, 0.6) is 0 Å². The third-order valence-electron chi connectivity index (χ3n) is 4.26. The van der Waals surface area contributed by atoms with Crippen molar-refractivity contribution in [2.75, 3.05) is 24.7 Å². The van der Waals surface area contributed by atoms with Crippen molar-refractivity contribution < 1.29 is 4.74 Å². The molecule has 3 unspecified atom stereocenters. The Labute approximate surface area is 123 Å². The van der Waals surface area contributed by atoms with Gasteiger partial charge in [0, 0.05) is 17.7 Å². The zero-order valence-electron chi connectivity index (χ0n) is 11.4. The Kier molecular flexibility index (Phi) is 4.47. The number of hydrogen-bond acceptors (Lipinski definition) is 5. The first kappa shape index (κ1) is 13.9. The van der Waals surface area contributed by atoms with Gasteiger partial charge in [-0.1, -0.05) is 6.92 Å². The fraction of sp³-hybridized carbons (Fsp3) is 0.786. The maximum atomic E-state index is 6.14. The van der Waals surface area contributed by atoms with Gasteiger partial charge in [-0.15, -0.1) is 11.3 Å². The Balaban J connectivity index is 1.74. The summed E-state index contributed by atoms with van der Waals surface area (Å²) in [6.45, 7) is 4.10. The molecule has 1 spiro atoms. The predicted octanol–water partition coefficient (Wildman–Crippen LogP) is 3.10. The van der Waals surface area contributed by atoms with E-state index in [0.29, 0.717) is 12.0 Å². The number of thioether (sulfide) groups is 1. The third-order valence-corrected chi connectivity index (χ3v) is 6.09. The summed E-state index contributed by atoms with van der Waals surface area (Å²) < 4.78 is 6.14. The van der Waals surface area contributed by atoms with Crippen LogP contribution in [0.25, 0.3) is 0 Å². The molecule has 0 amide bonds. The lowest BCUT2D eigenvalue weighted by molar-refractivity contribution is -0.0855. The number of ether oxygens (including phenoxy) is 1. The largest absolute Gasteiger partial charge is 0.374 e. The molecule has 2 fully saturated rings. The van der Waals surface area contributed by atoms with Gasteiger partial charge in [-0.05, 0) is 37.5 Å². The molecule has 0 aliphatic carbocycles. The summed E-state index contributed by atoms with van der Waals surface area (Å²) in [5.74, 6) is 3.10. The normalized spacial score (nSPS) is 32.8. The van der Waals surface area contributed by atoms with Crippen LogP contribution in [0.1, 0.15) is 37.9 Å². The van der Waals surface area contributed by atoms with Gasteiger partial charge in [-0.2, -0.15) is 11.8 Å². The molecule has 1 aromatic rings. The summed E-state index contributed by atoms with van der Waals surface area (Å²) in [6, 6.07) is 0.405. The second-order valence-corrected chi connectivity index (χ2v) is 7.36. The van der Waals surface area contributed by atoms with Crippen LogP contribution in [0.3, 0.4) is 0 Å². The van der Waals surface area contributed by atoms with E-state index in [0.717, 1.165) is 19.6 Å². The molecule has 0 radical (unpaired) electrons. The van der Waals surface area contributed by atoms with Gasteiger partial charge in [0.2, 0.25) is 0 Å². The molecule has 2 saturated heterocycles. The van der Waals surface area contributed by atoms with Gasteiger partial charge < -0.3 is 10.1 Å².